The molecule has 0 unspecified atom stereocenters. The molecule has 0 spiro atoms. The van der Waals surface area contributed by atoms with Gasteiger partial charge in [0.05, 0.1) is 0 Å². The third-order valence-corrected chi connectivity index (χ3v) is 3.40. The van der Waals surface area contributed by atoms with E-state index in [1.165, 1.54) is 0 Å². The minimum atomic E-state index is -0.397. The van der Waals surface area contributed by atoms with Crippen molar-refractivity contribution in [1.29, 1.82) is 0 Å². The van der Waals surface area contributed by atoms with Gasteiger partial charge in [-0.15, -0.1) is 0 Å². The van der Waals surface area contributed by atoms with Crippen LogP contribution in [-0.4, -0.2) is 5.91 Å². The Kier molecular flexibility index (Phi) is 4.77. The Bertz CT molecular complexity index is 626. The number of aryl methyl sites for hydroxylation is 1. The molecule has 3 N–H and O–H groups in total. The molecule has 0 fully saturated rings. The molecule has 0 radical (unpaired) electrons. The summed E-state index contributed by atoms with van der Waals surface area (Å²) >= 11 is 5.94. The van der Waals surface area contributed by atoms with Crippen LogP contribution in [0.25, 0.3) is 0 Å². The Balaban J connectivity index is 1.96. The molecule has 2 aromatic rings. The average Bonchev–Trinajstić information content (AvgIpc) is 2.40. The van der Waals surface area contributed by atoms with Crippen LogP contribution in [0, 0.1) is 6.92 Å². The average molecular weight is 289 g/mol. The zero-order valence-electron chi connectivity index (χ0n) is 11.3. The number of hydrogen-bond acceptors (Lipinski definition) is 2. The molecule has 20 heavy (non-hydrogen) atoms. The Morgan fingerprint density at radius 1 is 1.20 bits per heavy atom. The van der Waals surface area contributed by atoms with Crippen LogP contribution in [0.2, 0.25) is 5.02 Å². The molecular formula is C16H17ClN2O. The molecule has 0 heterocycles. The normalized spacial score (nSPS) is 10.5. The smallest absolute Gasteiger partial charge is 0.248 e. The summed E-state index contributed by atoms with van der Waals surface area (Å²) in [7, 11) is 0. The van der Waals surface area contributed by atoms with Crippen LogP contribution in [0.3, 0.4) is 0 Å². The van der Waals surface area contributed by atoms with E-state index >= 15 is 0 Å². The van der Waals surface area contributed by atoms with Crippen molar-refractivity contribution in [2.45, 2.75) is 20.0 Å². The maximum Gasteiger partial charge on any atom is 0.248 e. The molecule has 0 atom stereocenters. The van der Waals surface area contributed by atoms with Crippen LogP contribution < -0.4 is 11.1 Å². The van der Waals surface area contributed by atoms with Crippen LogP contribution >= 0.6 is 11.6 Å². The molecule has 0 bridgehead atoms. The molecule has 4 heteroatoms. The molecule has 0 aliphatic heterocycles. The topological polar surface area (TPSA) is 55.1 Å². The largest absolute Gasteiger partial charge is 0.366 e. The number of carbonyl (C=O) groups is 1. The van der Waals surface area contributed by atoms with E-state index < -0.39 is 5.91 Å². The second-order valence-corrected chi connectivity index (χ2v) is 5.18. The first-order valence-electron chi connectivity index (χ1n) is 6.41. The van der Waals surface area contributed by atoms with Crippen LogP contribution in [-0.2, 0) is 13.1 Å². The van der Waals surface area contributed by atoms with Crippen molar-refractivity contribution in [1.82, 2.24) is 5.32 Å². The number of carbonyl (C=O) groups excluding carboxylic acids is 1. The van der Waals surface area contributed by atoms with Gasteiger partial charge in [0.25, 0.3) is 0 Å². The van der Waals surface area contributed by atoms with Crippen molar-refractivity contribution in [2.75, 3.05) is 0 Å². The Labute approximate surface area is 123 Å². The van der Waals surface area contributed by atoms with Crippen LogP contribution in [0.5, 0.6) is 0 Å². The quantitative estimate of drug-likeness (QED) is 0.888. The first-order chi connectivity index (χ1) is 9.56. The molecule has 2 rings (SSSR count). The molecule has 3 nitrogen and oxygen atoms in total. The van der Waals surface area contributed by atoms with Gasteiger partial charge < -0.3 is 11.1 Å². The highest BCUT2D eigenvalue weighted by atomic mass is 35.5. The lowest BCUT2D eigenvalue weighted by Gasteiger charge is -2.09. The lowest BCUT2D eigenvalue weighted by Crippen LogP contribution is -2.15. The summed E-state index contributed by atoms with van der Waals surface area (Å²) in [6, 6.07) is 13.3. The minimum Gasteiger partial charge on any atom is -0.366 e. The van der Waals surface area contributed by atoms with E-state index in [2.05, 4.69) is 5.32 Å². The summed E-state index contributed by atoms with van der Waals surface area (Å²) in [4.78, 5) is 11.1. The molecular weight excluding hydrogens is 272 g/mol. The van der Waals surface area contributed by atoms with Crippen molar-refractivity contribution in [3.8, 4) is 0 Å². The fraction of sp³-hybridized carbons (Fsp3) is 0.188. The van der Waals surface area contributed by atoms with E-state index in [9.17, 15) is 4.79 Å². The van der Waals surface area contributed by atoms with E-state index in [0.717, 1.165) is 34.8 Å². The zero-order valence-corrected chi connectivity index (χ0v) is 12.1. The molecule has 104 valence electrons. The minimum absolute atomic E-state index is 0.397. The van der Waals surface area contributed by atoms with E-state index in [1.807, 2.05) is 43.3 Å². The lowest BCUT2D eigenvalue weighted by molar-refractivity contribution is 0.1000. The van der Waals surface area contributed by atoms with E-state index in [0.29, 0.717) is 5.56 Å². The maximum absolute atomic E-state index is 11.1. The van der Waals surface area contributed by atoms with Gasteiger partial charge in [-0.1, -0.05) is 29.8 Å². The van der Waals surface area contributed by atoms with Gasteiger partial charge in [0, 0.05) is 23.7 Å². The van der Waals surface area contributed by atoms with Crippen molar-refractivity contribution < 1.29 is 4.79 Å². The second-order valence-electron chi connectivity index (χ2n) is 4.74. The van der Waals surface area contributed by atoms with Gasteiger partial charge in [-0.2, -0.15) is 0 Å². The molecule has 2 aromatic carbocycles. The highest BCUT2D eigenvalue weighted by Crippen LogP contribution is 2.12. The maximum atomic E-state index is 11.1. The van der Waals surface area contributed by atoms with Crippen molar-refractivity contribution in [3.63, 3.8) is 0 Å². The Morgan fingerprint density at radius 3 is 2.65 bits per heavy atom. The SMILES string of the molecule is Cc1cc(C(N)=O)ccc1CNCc1cccc(Cl)c1. The summed E-state index contributed by atoms with van der Waals surface area (Å²) in [6.07, 6.45) is 0. The summed E-state index contributed by atoms with van der Waals surface area (Å²) in [5.74, 6) is -0.397. The number of benzene rings is 2. The van der Waals surface area contributed by atoms with Crippen LogP contribution in [0.1, 0.15) is 27.0 Å². The first kappa shape index (κ1) is 14.6. The van der Waals surface area contributed by atoms with Crippen LogP contribution in [0.15, 0.2) is 42.5 Å². The fourth-order valence-electron chi connectivity index (χ4n) is 2.04. The van der Waals surface area contributed by atoms with Crippen molar-refractivity contribution in [3.05, 3.63) is 69.7 Å². The summed E-state index contributed by atoms with van der Waals surface area (Å²) in [6.45, 7) is 3.46. The molecule has 0 saturated heterocycles. The van der Waals surface area contributed by atoms with Gasteiger partial charge in [-0.05, 0) is 47.9 Å². The van der Waals surface area contributed by atoms with Gasteiger partial charge in [0.15, 0.2) is 0 Å². The lowest BCUT2D eigenvalue weighted by atomic mass is 10.0. The van der Waals surface area contributed by atoms with Gasteiger partial charge >= 0.3 is 0 Å². The standard InChI is InChI=1S/C16H17ClN2O/c1-11-7-13(16(18)20)5-6-14(11)10-19-9-12-3-2-4-15(17)8-12/h2-8,19H,9-10H2,1H3,(H2,18,20). The molecule has 0 aromatic heterocycles. The van der Waals surface area contributed by atoms with E-state index in [1.54, 1.807) is 6.07 Å². The summed E-state index contributed by atoms with van der Waals surface area (Å²) in [5.41, 5.74) is 9.15. The molecule has 0 aliphatic carbocycles. The first-order valence-corrected chi connectivity index (χ1v) is 6.78. The zero-order chi connectivity index (χ0) is 14.5. The predicted octanol–water partition coefficient (Wildman–Crippen LogP) is 3.04. The van der Waals surface area contributed by atoms with Gasteiger partial charge in [0.1, 0.15) is 0 Å². The molecule has 0 saturated carbocycles. The highest BCUT2D eigenvalue weighted by molar-refractivity contribution is 6.30. The number of amides is 1. The number of rotatable bonds is 5. The van der Waals surface area contributed by atoms with Gasteiger partial charge in [0.2, 0.25) is 5.91 Å². The van der Waals surface area contributed by atoms with E-state index in [4.69, 9.17) is 17.3 Å². The fourth-order valence-corrected chi connectivity index (χ4v) is 2.25. The highest BCUT2D eigenvalue weighted by Gasteiger charge is 2.04. The number of nitrogens with one attached hydrogen (secondary N) is 1. The second kappa shape index (κ2) is 6.55. The number of primary amides is 1. The Hall–Kier alpha value is -1.84. The number of hydrogen-bond donors (Lipinski definition) is 2. The molecule has 1 amide bonds. The van der Waals surface area contributed by atoms with Gasteiger partial charge in [-0.3, -0.25) is 4.79 Å². The summed E-state index contributed by atoms with van der Waals surface area (Å²) < 4.78 is 0. The van der Waals surface area contributed by atoms with Crippen LogP contribution in [0.4, 0.5) is 0 Å². The monoisotopic (exact) mass is 288 g/mol. The van der Waals surface area contributed by atoms with Crippen molar-refractivity contribution >= 4 is 17.5 Å². The van der Waals surface area contributed by atoms with E-state index in [-0.39, 0.29) is 0 Å². The number of halogens is 1. The van der Waals surface area contributed by atoms with Gasteiger partial charge in [-0.25, -0.2) is 0 Å². The third-order valence-electron chi connectivity index (χ3n) is 3.16. The number of nitrogens with two attached hydrogens (primary N) is 1. The third kappa shape index (κ3) is 3.83. The Morgan fingerprint density at radius 2 is 2.00 bits per heavy atom. The molecule has 0 aliphatic rings. The predicted molar refractivity (Wildman–Crippen MR) is 81.7 cm³/mol. The van der Waals surface area contributed by atoms with Crippen molar-refractivity contribution in [2.24, 2.45) is 5.73 Å². The summed E-state index contributed by atoms with van der Waals surface area (Å²) in [5, 5.41) is 4.10.